The van der Waals surface area contributed by atoms with Crippen LogP contribution in [0.1, 0.15) is 6.92 Å². The summed E-state index contributed by atoms with van der Waals surface area (Å²) in [7, 11) is 1.15. The Kier molecular flexibility index (Phi) is 13.5. The summed E-state index contributed by atoms with van der Waals surface area (Å²) in [6.45, 7) is 11.7. The molecule has 0 rings (SSSR count). The molecule has 1 heteroatoms. The van der Waals surface area contributed by atoms with Gasteiger partial charge in [0.1, 0.15) is 0 Å². The van der Waals surface area contributed by atoms with Crippen molar-refractivity contribution in [1.82, 2.24) is 0 Å². The van der Waals surface area contributed by atoms with Gasteiger partial charge in [0.15, 0.2) is 0 Å². The van der Waals surface area contributed by atoms with E-state index in [-0.39, 0.29) is 0 Å². The van der Waals surface area contributed by atoms with Crippen molar-refractivity contribution in [2.75, 3.05) is 0 Å². The van der Waals surface area contributed by atoms with Crippen molar-refractivity contribution in [2.45, 2.75) is 6.92 Å². The van der Waals surface area contributed by atoms with Crippen molar-refractivity contribution in [2.24, 2.45) is 0 Å². The highest BCUT2D eigenvalue weighted by atomic mass is 28.1. The van der Waals surface area contributed by atoms with Gasteiger partial charge in [-0.3, -0.25) is 0 Å². The average molecular weight is 100 g/mol. The average Bonchev–Trinajstić information content (AvgIpc) is 1.41. The van der Waals surface area contributed by atoms with Crippen molar-refractivity contribution in [3.8, 4) is 0 Å². The summed E-state index contributed by atoms with van der Waals surface area (Å²) >= 11 is 0. The van der Waals surface area contributed by atoms with Crippen molar-refractivity contribution >= 4 is 10.2 Å². The van der Waals surface area contributed by atoms with E-state index in [4.69, 9.17) is 0 Å². The first-order valence-corrected chi connectivity index (χ1v) is 2.85. The van der Waals surface area contributed by atoms with Crippen molar-refractivity contribution in [3.63, 3.8) is 0 Å². The Hall–Kier alpha value is -0.303. The van der Waals surface area contributed by atoms with Crippen LogP contribution in [0.2, 0.25) is 0 Å². The van der Waals surface area contributed by atoms with Crippen molar-refractivity contribution in [1.29, 1.82) is 0 Å². The van der Waals surface area contributed by atoms with Crippen LogP contribution in [0, 0.1) is 0 Å². The highest BCUT2D eigenvalue weighted by Gasteiger charge is 1.52. The van der Waals surface area contributed by atoms with Gasteiger partial charge in [0.25, 0.3) is 0 Å². The van der Waals surface area contributed by atoms with E-state index in [1.165, 1.54) is 5.20 Å². The van der Waals surface area contributed by atoms with Crippen LogP contribution in [-0.4, -0.2) is 10.2 Å². The van der Waals surface area contributed by atoms with E-state index < -0.39 is 0 Å². The predicted octanol–water partition coefficient (Wildman–Crippen LogP) is 0.688. The molecule has 0 unspecified atom stereocenters. The highest BCUT2D eigenvalue weighted by molar-refractivity contribution is 6.20. The summed E-state index contributed by atoms with van der Waals surface area (Å²) in [6, 6.07) is 0. The molecule has 0 saturated carbocycles. The Bertz CT molecular complexity index is 35.2. The van der Waals surface area contributed by atoms with Gasteiger partial charge in [-0.1, -0.05) is 0 Å². The molecule has 0 aliphatic carbocycles. The number of hydrogen-bond acceptors (Lipinski definition) is 0. The lowest BCUT2D eigenvalue weighted by atomic mass is 10.8. The summed E-state index contributed by atoms with van der Waals surface area (Å²) in [5.74, 6) is 0. The molecule has 0 heterocycles. The van der Waals surface area contributed by atoms with Gasteiger partial charge >= 0.3 is 0 Å². The van der Waals surface area contributed by atoms with Crippen LogP contribution in [0.5, 0.6) is 0 Å². The second-order valence-electron chi connectivity index (χ2n) is 1.21. The first-order valence-electron chi connectivity index (χ1n) is 1.85. The largest absolute Gasteiger partial charge is 0.106 e. The summed E-state index contributed by atoms with van der Waals surface area (Å²) in [6.07, 6.45) is 0. The van der Waals surface area contributed by atoms with Gasteiger partial charge in [0, 0.05) is 10.2 Å². The van der Waals surface area contributed by atoms with Crippen LogP contribution < -0.4 is 0 Å². The maximum Gasteiger partial charge on any atom is 0.0321 e. The predicted molar refractivity (Wildman–Crippen MR) is 36.0 cm³/mol. The van der Waals surface area contributed by atoms with E-state index in [1.54, 1.807) is 0 Å². The molecule has 0 aromatic heterocycles. The lowest BCUT2D eigenvalue weighted by Gasteiger charge is -1.65. The Balaban J connectivity index is 0. The first-order chi connectivity index (χ1) is 2.73. The monoisotopic (exact) mass is 100 g/mol. The van der Waals surface area contributed by atoms with Gasteiger partial charge in [0.05, 0.1) is 0 Å². The topological polar surface area (TPSA) is 0 Å². The molecule has 0 spiro atoms. The minimum atomic E-state index is 1.15. The maximum atomic E-state index is 3.62. The SMILES string of the molecule is C=C.C=C(C)[SiH3]. The van der Waals surface area contributed by atoms with E-state index in [0.29, 0.717) is 0 Å². The van der Waals surface area contributed by atoms with Gasteiger partial charge in [0.2, 0.25) is 0 Å². The number of allylic oxidation sites excluding steroid dienone is 1. The van der Waals surface area contributed by atoms with Crippen LogP contribution in [0.4, 0.5) is 0 Å². The molecule has 0 saturated heterocycles. The van der Waals surface area contributed by atoms with Crippen LogP contribution in [0.15, 0.2) is 24.9 Å². The second kappa shape index (κ2) is 8.83. The Labute approximate surface area is 43.0 Å². The molecule has 0 bridgehead atoms. The van der Waals surface area contributed by atoms with E-state index >= 15 is 0 Å². The molecule has 0 N–H and O–H groups in total. The van der Waals surface area contributed by atoms with Gasteiger partial charge in [-0.2, -0.15) is 0 Å². The minimum absolute atomic E-state index is 1.15. The summed E-state index contributed by atoms with van der Waals surface area (Å²) in [5.41, 5.74) is 0. The molecule has 36 valence electrons. The van der Waals surface area contributed by atoms with Gasteiger partial charge in [-0.15, -0.1) is 24.9 Å². The molecule has 0 aromatic carbocycles. The third-order valence-corrected chi connectivity index (χ3v) is 0. The molecule has 0 atom stereocenters. The standard InChI is InChI=1S/C3H8Si.C2H4/c1-3(2)4;1-2/h1H2,2,4H3;1-2H2. The normalized spacial score (nSPS) is 5.50. The fourth-order valence-electron chi connectivity index (χ4n) is 0. The van der Waals surface area contributed by atoms with Gasteiger partial charge in [-0.05, 0) is 6.92 Å². The quantitative estimate of drug-likeness (QED) is 0.310. The smallest absolute Gasteiger partial charge is 0.0321 e. The number of rotatable bonds is 0. The molecule has 0 amide bonds. The van der Waals surface area contributed by atoms with Crippen LogP contribution in [-0.2, 0) is 0 Å². The van der Waals surface area contributed by atoms with Crippen molar-refractivity contribution in [3.05, 3.63) is 24.9 Å². The Morgan fingerprint density at radius 3 is 1.50 bits per heavy atom. The van der Waals surface area contributed by atoms with E-state index in [9.17, 15) is 0 Å². The molecule has 0 radical (unpaired) electrons. The highest BCUT2D eigenvalue weighted by Crippen LogP contribution is 1.65. The lowest BCUT2D eigenvalue weighted by Crippen LogP contribution is -1.56. The minimum Gasteiger partial charge on any atom is -0.106 e. The fourth-order valence-corrected chi connectivity index (χ4v) is 0. The summed E-state index contributed by atoms with van der Waals surface area (Å²) < 4.78 is 0. The van der Waals surface area contributed by atoms with E-state index in [2.05, 4.69) is 19.7 Å². The Morgan fingerprint density at radius 1 is 1.50 bits per heavy atom. The molecule has 6 heavy (non-hydrogen) atoms. The summed E-state index contributed by atoms with van der Waals surface area (Å²) in [4.78, 5) is 0. The van der Waals surface area contributed by atoms with Gasteiger partial charge in [-0.25, -0.2) is 0 Å². The van der Waals surface area contributed by atoms with Crippen LogP contribution in [0.3, 0.4) is 0 Å². The zero-order valence-corrected chi connectivity index (χ0v) is 6.62. The molecule has 0 aliphatic heterocycles. The molecular formula is C5H12Si. The molecule has 0 fully saturated rings. The molecular weight excluding hydrogens is 88.1 g/mol. The zero-order valence-electron chi connectivity index (χ0n) is 4.62. The fraction of sp³-hybridized carbons (Fsp3) is 0.200. The maximum absolute atomic E-state index is 3.62. The zero-order chi connectivity index (χ0) is 5.58. The molecule has 0 aliphatic rings. The third-order valence-electron chi connectivity index (χ3n) is 0. The van der Waals surface area contributed by atoms with Crippen molar-refractivity contribution < 1.29 is 0 Å². The van der Waals surface area contributed by atoms with Gasteiger partial charge < -0.3 is 0 Å². The third kappa shape index (κ3) is 293. The van der Waals surface area contributed by atoms with Crippen LogP contribution in [0.25, 0.3) is 0 Å². The first kappa shape index (κ1) is 9.20. The van der Waals surface area contributed by atoms with E-state index in [0.717, 1.165) is 10.2 Å². The molecule has 0 nitrogen and oxygen atoms in total. The second-order valence-corrected chi connectivity index (χ2v) is 2.91. The van der Waals surface area contributed by atoms with E-state index in [1.807, 2.05) is 6.92 Å². The lowest BCUT2D eigenvalue weighted by molar-refractivity contribution is 1.72. The van der Waals surface area contributed by atoms with Crippen LogP contribution >= 0.6 is 0 Å². The molecule has 0 aromatic rings. The summed E-state index contributed by atoms with van der Waals surface area (Å²) in [5, 5.41) is 1.31. The Morgan fingerprint density at radius 2 is 1.50 bits per heavy atom. The number of hydrogen-bond donors (Lipinski definition) is 0.